The van der Waals surface area contributed by atoms with Gasteiger partial charge in [0, 0.05) is 24.8 Å². The number of pyridine rings is 1. The van der Waals surface area contributed by atoms with Gasteiger partial charge in [0.15, 0.2) is 0 Å². The molecule has 0 bridgehead atoms. The second-order valence-corrected chi connectivity index (χ2v) is 4.73. The fraction of sp³-hybridized carbons (Fsp3) is 0.583. The lowest BCUT2D eigenvalue weighted by Gasteiger charge is -2.37. The Morgan fingerprint density at radius 3 is 2.61 bits per heavy atom. The monoisotopic (exact) mass is 259 g/mol. The molecule has 2 heterocycles. The normalized spacial score (nSPS) is 25.3. The Balaban J connectivity index is 2.15. The molecule has 1 fully saturated rings. The van der Waals surface area contributed by atoms with Crippen molar-refractivity contribution >= 4 is 5.82 Å². The molecule has 6 heteroatoms. The number of hydrogen-bond acceptors (Lipinski definition) is 3. The summed E-state index contributed by atoms with van der Waals surface area (Å²) in [5.41, 5.74) is 5.14. The van der Waals surface area contributed by atoms with Gasteiger partial charge in [0.2, 0.25) is 0 Å². The lowest BCUT2D eigenvalue weighted by molar-refractivity contribution is -0.137. The zero-order valence-electron chi connectivity index (χ0n) is 10.1. The maximum Gasteiger partial charge on any atom is 0.417 e. The Morgan fingerprint density at radius 1 is 1.39 bits per heavy atom. The summed E-state index contributed by atoms with van der Waals surface area (Å²) >= 11 is 0. The fourth-order valence-electron chi connectivity index (χ4n) is 2.27. The molecular formula is C12H16F3N3. The Bertz CT molecular complexity index is 402. The van der Waals surface area contributed by atoms with Crippen molar-refractivity contribution in [3.05, 3.63) is 23.9 Å². The van der Waals surface area contributed by atoms with Crippen LogP contribution in [0.3, 0.4) is 0 Å². The van der Waals surface area contributed by atoms with Crippen LogP contribution in [0.15, 0.2) is 18.3 Å². The second-order valence-electron chi connectivity index (χ2n) is 4.73. The molecule has 2 atom stereocenters. The Labute approximate surface area is 104 Å². The highest BCUT2D eigenvalue weighted by Gasteiger charge is 2.31. The molecule has 0 saturated carbocycles. The average molecular weight is 259 g/mol. The maximum atomic E-state index is 12.4. The van der Waals surface area contributed by atoms with Gasteiger partial charge >= 0.3 is 6.18 Å². The van der Waals surface area contributed by atoms with E-state index in [2.05, 4.69) is 4.98 Å². The highest BCUT2D eigenvalue weighted by atomic mass is 19.4. The minimum atomic E-state index is -4.33. The van der Waals surface area contributed by atoms with Gasteiger partial charge in [-0.25, -0.2) is 4.98 Å². The van der Waals surface area contributed by atoms with E-state index in [1.807, 2.05) is 11.8 Å². The number of nitrogens with zero attached hydrogens (tertiary/aromatic N) is 2. The third kappa shape index (κ3) is 2.75. The van der Waals surface area contributed by atoms with Gasteiger partial charge in [-0.15, -0.1) is 0 Å². The Hall–Kier alpha value is -1.30. The van der Waals surface area contributed by atoms with E-state index in [1.54, 1.807) is 0 Å². The third-order valence-corrected chi connectivity index (χ3v) is 3.29. The van der Waals surface area contributed by atoms with Crippen LogP contribution in [0.2, 0.25) is 0 Å². The minimum Gasteiger partial charge on any atom is -0.354 e. The van der Waals surface area contributed by atoms with Gasteiger partial charge in [-0.2, -0.15) is 13.2 Å². The van der Waals surface area contributed by atoms with E-state index in [9.17, 15) is 13.2 Å². The summed E-state index contributed by atoms with van der Waals surface area (Å²) in [7, 11) is 0. The topological polar surface area (TPSA) is 42.1 Å². The molecule has 0 aromatic carbocycles. The molecule has 1 aromatic rings. The van der Waals surface area contributed by atoms with Crippen LogP contribution in [0.25, 0.3) is 0 Å². The molecule has 1 aromatic heterocycles. The molecule has 2 rings (SSSR count). The van der Waals surface area contributed by atoms with Crippen molar-refractivity contribution in [3.8, 4) is 0 Å². The van der Waals surface area contributed by atoms with Crippen LogP contribution in [0.1, 0.15) is 25.3 Å². The number of aromatic nitrogens is 1. The summed E-state index contributed by atoms with van der Waals surface area (Å²) in [5.74, 6) is 0.586. The molecule has 2 N–H and O–H groups in total. The summed E-state index contributed by atoms with van der Waals surface area (Å²) in [4.78, 5) is 5.91. The molecule has 1 saturated heterocycles. The zero-order valence-corrected chi connectivity index (χ0v) is 10.1. The van der Waals surface area contributed by atoms with E-state index in [4.69, 9.17) is 5.73 Å². The van der Waals surface area contributed by atoms with Crippen LogP contribution < -0.4 is 10.6 Å². The number of hydrogen-bond donors (Lipinski definition) is 1. The van der Waals surface area contributed by atoms with E-state index >= 15 is 0 Å². The number of nitrogens with two attached hydrogens (primary N) is 1. The Kier molecular flexibility index (Phi) is 3.47. The van der Waals surface area contributed by atoms with Crippen LogP contribution in [0.4, 0.5) is 19.0 Å². The van der Waals surface area contributed by atoms with Gasteiger partial charge in [0.25, 0.3) is 0 Å². The molecular weight excluding hydrogens is 243 g/mol. The van der Waals surface area contributed by atoms with Gasteiger partial charge in [-0.05, 0) is 31.9 Å². The molecule has 0 aliphatic carbocycles. The van der Waals surface area contributed by atoms with Gasteiger partial charge in [0.05, 0.1) is 5.56 Å². The number of piperidine rings is 1. The van der Waals surface area contributed by atoms with Crippen LogP contribution in [0.5, 0.6) is 0 Å². The summed E-state index contributed by atoms with van der Waals surface area (Å²) in [6, 6.07) is 2.88. The van der Waals surface area contributed by atoms with Gasteiger partial charge in [0.1, 0.15) is 5.82 Å². The standard InChI is InChI=1S/C12H16F3N3/c1-8-6-10(16)4-5-18(8)11-3-2-9(7-17-11)12(13,14)15/h2-3,7-8,10H,4-6,16H2,1H3. The summed E-state index contributed by atoms with van der Waals surface area (Å²) < 4.78 is 37.3. The number of rotatable bonds is 1. The van der Waals surface area contributed by atoms with Crippen molar-refractivity contribution in [3.63, 3.8) is 0 Å². The van der Waals surface area contributed by atoms with Crippen LogP contribution >= 0.6 is 0 Å². The van der Waals surface area contributed by atoms with Crippen molar-refractivity contribution in [1.29, 1.82) is 0 Å². The van der Waals surface area contributed by atoms with Crippen LogP contribution in [0, 0.1) is 0 Å². The molecule has 0 amide bonds. The average Bonchev–Trinajstić information content (AvgIpc) is 2.28. The van der Waals surface area contributed by atoms with Crippen molar-refractivity contribution in [2.45, 2.75) is 38.0 Å². The summed E-state index contributed by atoms with van der Waals surface area (Å²) in [6.45, 7) is 2.75. The molecule has 3 nitrogen and oxygen atoms in total. The lowest BCUT2D eigenvalue weighted by Crippen LogP contribution is -2.46. The van der Waals surface area contributed by atoms with Crippen LogP contribution in [-0.2, 0) is 6.18 Å². The maximum absolute atomic E-state index is 12.4. The quantitative estimate of drug-likeness (QED) is 0.842. The van der Waals surface area contributed by atoms with E-state index < -0.39 is 11.7 Å². The molecule has 1 aliphatic rings. The van der Waals surface area contributed by atoms with E-state index in [0.717, 1.165) is 31.6 Å². The summed E-state index contributed by atoms with van der Waals surface area (Å²) in [5, 5.41) is 0. The van der Waals surface area contributed by atoms with E-state index in [1.165, 1.54) is 6.07 Å². The smallest absolute Gasteiger partial charge is 0.354 e. The van der Waals surface area contributed by atoms with Crippen molar-refractivity contribution in [1.82, 2.24) is 4.98 Å². The first-order chi connectivity index (χ1) is 8.38. The van der Waals surface area contributed by atoms with Gasteiger partial charge in [-0.1, -0.05) is 0 Å². The predicted octanol–water partition coefficient (Wildman–Crippen LogP) is 2.42. The van der Waals surface area contributed by atoms with Gasteiger partial charge < -0.3 is 10.6 Å². The van der Waals surface area contributed by atoms with E-state index in [-0.39, 0.29) is 12.1 Å². The Morgan fingerprint density at radius 2 is 2.11 bits per heavy atom. The SMILES string of the molecule is CC1CC(N)CCN1c1ccc(C(F)(F)F)cn1. The van der Waals surface area contributed by atoms with Crippen molar-refractivity contribution in [2.24, 2.45) is 5.73 Å². The predicted molar refractivity (Wildman–Crippen MR) is 63.3 cm³/mol. The molecule has 18 heavy (non-hydrogen) atoms. The first-order valence-corrected chi connectivity index (χ1v) is 5.93. The lowest BCUT2D eigenvalue weighted by atomic mass is 9.99. The fourth-order valence-corrected chi connectivity index (χ4v) is 2.27. The largest absolute Gasteiger partial charge is 0.417 e. The second kappa shape index (κ2) is 4.76. The molecule has 0 spiro atoms. The first kappa shape index (κ1) is 13.1. The van der Waals surface area contributed by atoms with Crippen LogP contribution in [-0.4, -0.2) is 23.6 Å². The molecule has 1 aliphatic heterocycles. The molecule has 100 valence electrons. The zero-order chi connectivity index (χ0) is 13.3. The van der Waals surface area contributed by atoms with Crippen molar-refractivity contribution in [2.75, 3.05) is 11.4 Å². The van der Waals surface area contributed by atoms with Gasteiger partial charge in [-0.3, -0.25) is 0 Å². The number of alkyl halides is 3. The summed E-state index contributed by atoms with van der Waals surface area (Å²) in [6.07, 6.45) is -1.77. The number of anilines is 1. The van der Waals surface area contributed by atoms with Crippen molar-refractivity contribution < 1.29 is 13.2 Å². The third-order valence-electron chi connectivity index (χ3n) is 3.29. The molecule has 2 unspecified atom stereocenters. The van der Waals surface area contributed by atoms with E-state index in [0.29, 0.717) is 5.82 Å². The molecule has 0 radical (unpaired) electrons. The number of halogens is 3. The minimum absolute atomic E-state index is 0.172. The highest BCUT2D eigenvalue weighted by Crippen LogP contribution is 2.30. The first-order valence-electron chi connectivity index (χ1n) is 5.93. The highest BCUT2D eigenvalue weighted by molar-refractivity contribution is 5.41.